The second kappa shape index (κ2) is 6.85. The maximum Gasteiger partial charge on any atom is 0.279 e. The van der Waals surface area contributed by atoms with Crippen molar-refractivity contribution < 1.29 is 4.92 Å². The Hall–Kier alpha value is -3.92. The van der Waals surface area contributed by atoms with Gasteiger partial charge in [-0.15, -0.1) is 0 Å². The third kappa shape index (κ3) is 2.85. The van der Waals surface area contributed by atoms with E-state index in [-0.39, 0.29) is 10.6 Å². The summed E-state index contributed by atoms with van der Waals surface area (Å²) in [6, 6.07) is 25.8. The van der Waals surface area contributed by atoms with Crippen LogP contribution in [-0.2, 0) is 0 Å². The van der Waals surface area contributed by atoms with Crippen molar-refractivity contribution in [2.45, 2.75) is 13.8 Å². The maximum atomic E-state index is 12.2. The topological polar surface area (TPSA) is 58.9 Å². The van der Waals surface area contributed by atoms with Crippen LogP contribution in [0, 0.1) is 24.0 Å². The summed E-state index contributed by atoms with van der Waals surface area (Å²) in [7, 11) is 0. The molecule has 0 aliphatic rings. The molecule has 1 heterocycles. The molecule has 0 amide bonds. The van der Waals surface area contributed by atoms with E-state index < -0.39 is 0 Å². The summed E-state index contributed by atoms with van der Waals surface area (Å²) in [4.78, 5) is 15.3. The first kappa shape index (κ1) is 18.1. The summed E-state index contributed by atoms with van der Waals surface area (Å²) in [6.07, 6.45) is 0. The average molecular weight is 392 g/mol. The number of aryl methyl sites for hydroxylation is 2. The standard InChI is InChI=1S/C26H20N2O2/c1-16-7-11-18(12-8-16)21-15-23(28(29)30)24(19-13-9-17(2)10-14-19)26-25(21)20-5-3-4-6-22(20)27-26/h3-15,27H,1-2H3. The molecule has 0 unspecified atom stereocenters. The molecule has 0 atom stereocenters. The van der Waals surface area contributed by atoms with Crippen LogP contribution in [0.2, 0.25) is 0 Å². The minimum Gasteiger partial charge on any atom is -0.354 e. The van der Waals surface area contributed by atoms with E-state index in [1.54, 1.807) is 6.07 Å². The van der Waals surface area contributed by atoms with Gasteiger partial charge in [-0.2, -0.15) is 0 Å². The first-order valence-electron chi connectivity index (χ1n) is 9.89. The fourth-order valence-corrected chi connectivity index (χ4v) is 4.14. The number of para-hydroxylation sites is 1. The van der Waals surface area contributed by atoms with Gasteiger partial charge < -0.3 is 4.98 Å². The van der Waals surface area contributed by atoms with Crippen molar-refractivity contribution in [1.82, 2.24) is 4.98 Å². The van der Waals surface area contributed by atoms with E-state index in [4.69, 9.17) is 0 Å². The number of fused-ring (bicyclic) bond motifs is 3. The SMILES string of the molecule is Cc1ccc(-c2c([N+](=O)[O-])cc(-c3ccc(C)cc3)c3c2[nH]c2ccccc23)cc1. The van der Waals surface area contributed by atoms with E-state index in [2.05, 4.69) is 11.1 Å². The molecule has 0 saturated heterocycles. The lowest BCUT2D eigenvalue weighted by Gasteiger charge is -2.11. The molecule has 0 spiro atoms. The summed E-state index contributed by atoms with van der Waals surface area (Å²) < 4.78 is 0. The number of nitrogens with one attached hydrogen (secondary N) is 1. The molecule has 4 nitrogen and oxygen atoms in total. The zero-order valence-electron chi connectivity index (χ0n) is 16.8. The zero-order chi connectivity index (χ0) is 20.8. The van der Waals surface area contributed by atoms with Gasteiger partial charge in [0, 0.05) is 22.4 Å². The first-order valence-corrected chi connectivity index (χ1v) is 9.89. The van der Waals surface area contributed by atoms with E-state index in [9.17, 15) is 10.1 Å². The number of hydrogen-bond donors (Lipinski definition) is 1. The highest BCUT2D eigenvalue weighted by molar-refractivity contribution is 6.19. The molecule has 146 valence electrons. The number of aromatic amines is 1. The van der Waals surface area contributed by atoms with Gasteiger partial charge in [-0.05, 0) is 36.6 Å². The second-order valence-electron chi connectivity index (χ2n) is 7.73. The molecular weight excluding hydrogens is 372 g/mol. The van der Waals surface area contributed by atoms with Crippen molar-refractivity contribution in [1.29, 1.82) is 0 Å². The zero-order valence-corrected chi connectivity index (χ0v) is 16.8. The third-order valence-electron chi connectivity index (χ3n) is 5.66. The lowest BCUT2D eigenvalue weighted by molar-refractivity contribution is -0.384. The molecule has 0 radical (unpaired) electrons. The maximum absolute atomic E-state index is 12.2. The van der Waals surface area contributed by atoms with Crippen LogP contribution in [0.25, 0.3) is 44.1 Å². The van der Waals surface area contributed by atoms with Crippen molar-refractivity contribution in [2.24, 2.45) is 0 Å². The molecule has 0 fully saturated rings. The lowest BCUT2D eigenvalue weighted by Crippen LogP contribution is -1.95. The molecule has 5 aromatic rings. The molecule has 4 aromatic carbocycles. The molecule has 0 bridgehead atoms. The normalized spacial score (nSPS) is 11.3. The van der Waals surface area contributed by atoms with Gasteiger partial charge in [-0.25, -0.2) is 0 Å². The number of H-pyrrole nitrogens is 1. The Kier molecular flexibility index (Phi) is 4.14. The molecule has 30 heavy (non-hydrogen) atoms. The van der Waals surface area contributed by atoms with Gasteiger partial charge >= 0.3 is 0 Å². The predicted molar refractivity (Wildman–Crippen MR) is 123 cm³/mol. The van der Waals surface area contributed by atoms with Crippen molar-refractivity contribution in [2.75, 3.05) is 0 Å². The molecule has 0 saturated carbocycles. The Morgan fingerprint density at radius 1 is 0.800 bits per heavy atom. The van der Waals surface area contributed by atoms with Crippen molar-refractivity contribution in [3.63, 3.8) is 0 Å². The number of nitro groups is 1. The van der Waals surface area contributed by atoms with E-state index >= 15 is 0 Å². The van der Waals surface area contributed by atoms with Crippen LogP contribution in [0.3, 0.4) is 0 Å². The molecule has 4 heteroatoms. The minimum absolute atomic E-state index is 0.105. The van der Waals surface area contributed by atoms with Crippen LogP contribution >= 0.6 is 0 Å². The van der Waals surface area contributed by atoms with Crippen molar-refractivity contribution in [3.8, 4) is 22.3 Å². The summed E-state index contributed by atoms with van der Waals surface area (Å²) in [5.74, 6) is 0. The molecule has 0 aliphatic carbocycles. The van der Waals surface area contributed by atoms with E-state index in [0.29, 0.717) is 5.56 Å². The summed E-state index contributed by atoms with van der Waals surface area (Å²) in [5.41, 5.74) is 7.43. The van der Waals surface area contributed by atoms with Gasteiger partial charge in [-0.1, -0.05) is 77.9 Å². The van der Waals surface area contributed by atoms with Gasteiger partial charge in [0.05, 0.1) is 16.0 Å². The van der Waals surface area contributed by atoms with E-state index in [0.717, 1.165) is 49.6 Å². The predicted octanol–water partition coefficient (Wildman–Crippen LogP) is 7.18. The Morgan fingerprint density at radius 3 is 2.03 bits per heavy atom. The smallest absolute Gasteiger partial charge is 0.279 e. The van der Waals surface area contributed by atoms with Crippen LogP contribution in [0.15, 0.2) is 78.9 Å². The second-order valence-corrected chi connectivity index (χ2v) is 7.73. The highest BCUT2D eigenvalue weighted by atomic mass is 16.6. The number of nitrogens with zero attached hydrogens (tertiary/aromatic N) is 1. The molecule has 5 rings (SSSR count). The van der Waals surface area contributed by atoms with E-state index in [1.165, 1.54) is 0 Å². The van der Waals surface area contributed by atoms with Crippen molar-refractivity contribution >= 4 is 27.5 Å². The first-order chi connectivity index (χ1) is 14.5. The van der Waals surface area contributed by atoms with Crippen LogP contribution in [0.5, 0.6) is 0 Å². The van der Waals surface area contributed by atoms with Gasteiger partial charge in [0.1, 0.15) is 0 Å². The van der Waals surface area contributed by atoms with Crippen LogP contribution in [0.4, 0.5) is 5.69 Å². The highest BCUT2D eigenvalue weighted by Gasteiger charge is 2.25. The molecular formula is C26H20N2O2. The number of rotatable bonds is 3. The quantitative estimate of drug-likeness (QED) is 0.261. The average Bonchev–Trinajstić information content (AvgIpc) is 3.13. The number of nitro benzene ring substituents is 1. The van der Waals surface area contributed by atoms with Crippen LogP contribution < -0.4 is 0 Å². The van der Waals surface area contributed by atoms with Crippen LogP contribution in [-0.4, -0.2) is 9.91 Å². The largest absolute Gasteiger partial charge is 0.354 e. The number of hydrogen-bond acceptors (Lipinski definition) is 2. The number of benzene rings is 4. The molecule has 1 N–H and O–H groups in total. The van der Waals surface area contributed by atoms with E-state index in [1.807, 2.05) is 80.6 Å². The van der Waals surface area contributed by atoms with Crippen molar-refractivity contribution in [3.05, 3.63) is 100 Å². The summed E-state index contributed by atoms with van der Waals surface area (Å²) >= 11 is 0. The summed E-state index contributed by atoms with van der Waals surface area (Å²) in [5, 5.41) is 14.2. The van der Waals surface area contributed by atoms with Gasteiger partial charge in [0.15, 0.2) is 0 Å². The minimum atomic E-state index is -0.280. The van der Waals surface area contributed by atoms with Gasteiger partial charge in [0.2, 0.25) is 0 Å². The van der Waals surface area contributed by atoms with Gasteiger partial charge in [-0.3, -0.25) is 10.1 Å². The van der Waals surface area contributed by atoms with Gasteiger partial charge in [0.25, 0.3) is 5.69 Å². The Morgan fingerprint density at radius 2 is 1.40 bits per heavy atom. The highest BCUT2D eigenvalue weighted by Crippen LogP contribution is 2.44. The molecule has 0 aliphatic heterocycles. The third-order valence-corrected chi connectivity index (χ3v) is 5.66. The number of aromatic nitrogens is 1. The Labute approximate surface area is 174 Å². The summed E-state index contributed by atoms with van der Waals surface area (Å²) in [6.45, 7) is 4.05. The monoisotopic (exact) mass is 392 g/mol. The Bertz CT molecular complexity index is 1410. The lowest BCUT2D eigenvalue weighted by atomic mass is 9.92. The Balaban J connectivity index is 1.96. The fourth-order valence-electron chi connectivity index (χ4n) is 4.14. The molecule has 1 aromatic heterocycles. The van der Waals surface area contributed by atoms with Crippen LogP contribution in [0.1, 0.15) is 11.1 Å². The fraction of sp³-hybridized carbons (Fsp3) is 0.0769.